The summed E-state index contributed by atoms with van der Waals surface area (Å²) in [5.74, 6) is 2.31. The Morgan fingerprint density at radius 2 is 1.64 bits per heavy atom. The number of aryl methyl sites for hydroxylation is 1. The molecule has 0 spiro atoms. The van der Waals surface area contributed by atoms with Crippen LogP contribution in [-0.4, -0.2) is 9.97 Å². The number of hydrogen-bond donors (Lipinski definition) is 1. The molecule has 0 bridgehead atoms. The fourth-order valence-corrected chi connectivity index (χ4v) is 3.43. The number of ether oxygens (including phenoxy) is 1. The van der Waals surface area contributed by atoms with Gasteiger partial charge in [0.25, 0.3) is 0 Å². The number of benzene rings is 2. The van der Waals surface area contributed by atoms with Crippen molar-refractivity contribution in [3.05, 3.63) is 70.8 Å². The van der Waals surface area contributed by atoms with Gasteiger partial charge in [-0.05, 0) is 61.5 Å². The molecule has 0 aliphatic carbocycles. The molecule has 2 heterocycles. The molecule has 6 heteroatoms. The molecular formula is C19H14ClN3OS. The largest absolute Gasteiger partial charge is 0.457 e. The van der Waals surface area contributed by atoms with Crippen molar-refractivity contribution in [2.45, 2.75) is 6.92 Å². The molecule has 0 aliphatic heterocycles. The molecule has 0 unspecified atom stereocenters. The Balaban J connectivity index is 1.52. The SMILES string of the molecule is Cc1cc2c(Nc3ccc(Oc4ccc(Cl)cc4)cc3)ncnc2s1. The second-order valence-electron chi connectivity index (χ2n) is 5.50. The van der Waals surface area contributed by atoms with Crippen LogP contribution in [0.1, 0.15) is 4.88 Å². The molecule has 4 rings (SSSR count). The minimum Gasteiger partial charge on any atom is -0.457 e. The lowest BCUT2D eigenvalue weighted by Crippen LogP contribution is -1.94. The summed E-state index contributed by atoms with van der Waals surface area (Å²) in [7, 11) is 0. The summed E-state index contributed by atoms with van der Waals surface area (Å²) in [6, 6.07) is 17.1. The van der Waals surface area contributed by atoms with Gasteiger partial charge in [0.05, 0.1) is 5.39 Å². The molecule has 2 aromatic heterocycles. The second-order valence-corrected chi connectivity index (χ2v) is 7.17. The van der Waals surface area contributed by atoms with E-state index in [1.165, 1.54) is 4.88 Å². The maximum absolute atomic E-state index is 5.88. The van der Waals surface area contributed by atoms with Gasteiger partial charge >= 0.3 is 0 Å². The number of rotatable bonds is 4. The van der Waals surface area contributed by atoms with Crippen molar-refractivity contribution in [3.63, 3.8) is 0 Å². The average molecular weight is 368 g/mol. The molecule has 0 radical (unpaired) electrons. The molecule has 1 N–H and O–H groups in total. The summed E-state index contributed by atoms with van der Waals surface area (Å²) in [4.78, 5) is 10.9. The number of halogens is 1. The first-order chi connectivity index (χ1) is 12.2. The van der Waals surface area contributed by atoms with Crippen molar-refractivity contribution in [2.75, 3.05) is 5.32 Å². The van der Waals surface area contributed by atoms with Crippen molar-refractivity contribution < 1.29 is 4.74 Å². The molecule has 0 fully saturated rings. The van der Waals surface area contributed by atoms with Crippen LogP contribution in [0.15, 0.2) is 60.9 Å². The first-order valence-corrected chi connectivity index (χ1v) is 8.88. The van der Waals surface area contributed by atoms with Gasteiger partial charge in [-0.15, -0.1) is 11.3 Å². The standard InChI is InChI=1S/C19H14ClN3OS/c1-12-10-17-18(21-11-22-19(17)25-12)23-14-4-8-16(9-5-14)24-15-6-2-13(20)3-7-15/h2-11H,1H3,(H,21,22,23). The molecule has 0 saturated carbocycles. The molecule has 0 atom stereocenters. The molecule has 2 aromatic carbocycles. The molecular weight excluding hydrogens is 354 g/mol. The van der Waals surface area contributed by atoms with Gasteiger partial charge < -0.3 is 10.1 Å². The predicted molar refractivity (Wildman–Crippen MR) is 103 cm³/mol. The van der Waals surface area contributed by atoms with Gasteiger partial charge in [0.2, 0.25) is 0 Å². The van der Waals surface area contributed by atoms with Crippen LogP contribution >= 0.6 is 22.9 Å². The van der Waals surface area contributed by atoms with Gasteiger partial charge in [0.15, 0.2) is 0 Å². The topological polar surface area (TPSA) is 47.0 Å². The first-order valence-electron chi connectivity index (χ1n) is 7.69. The number of anilines is 2. The third-order valence-electron chi connectivity index (χ3n) is 3.62. The minimum absolute atomic E-state index is 0.687. The molecule has 0 aliphatic rings. The number of nitrogens with zero attached hydrogens (tertiary/aromatic N) is 2. The zero-order valence-electron chi connectivity index (χ0n) is 13.4. The Morgan fingerprint density at radius 1 is 0.960 bits per heavy atom. The number of hydrogen-bond acceptors (Lipinski definition) is 5. The van der Waals surface area contributed by atoms with Gasteiger partial charge in [0.1, 0.15) is 28.5 Å². The van der Waals surface area contributed by atoms with Gasteiger partial charge in [-0.1, -0.05) is 11.6 Å². The summed E-state index contributed by atoms with van der Waals surface area (Å²) in [6.07, 6.45) is 1.58. The molecule has 4 aromatic rings. The molecule has 25 heavy (non-hydrogen) atoms. The summed E-state index contributed by atoms with van der Waals surface area (Å²) < 4.78 is 5.80. The number of aromatic nitrogens is 2. The number of fused-ring (bicyclic) bond motifs is 1. The van der Waals surface area contributed by atoms with Crippen LogP contribution in [0.25, 0.3) is 10.2 Å². The summed E-state index contributed by atoms with van der Waals surface area (Å²) >= 11 is 7.54. The van der Waals surface area contributed by atoms with Crippen LogP contribution in [0.3, 0.4) is 0 Å². The van der Waals surface area contributed by atoms with Crippen LogP contribution in [0.5, 0.6) is 11.5 Å². The van der Waals surface area contributed by atoms with Crippen molar-refractivity contribution in [3.8, 4) is 11.5 Å². The van der Waals surface area contributed by atoms with Crippen LogP contribution < -0.4 is 10.1 Å². The fraction of sp³-hybridized carbons (Fsp3) is 0.0526. The van der Waals surface area contributed by atoms with E-state index in [0.29, 0.717) is 5.02 Å². The van der Waals surface area contributed by atoms with Crippen molar-refractivity contribution in [1.29, 1.82) is 0 Å². The Morgan fingerprint density at radius 3 is 2.36 bits per heavy atom. The average Bonchev–Trinajstić information content (AvgIpc) is 3.00. The quantitative estimate of drug-likeness (QED) is 0.467. The maximum atomic E-state index is 5.88. The highest BCUT2D eigenvalue weighted by Crippen LogP contribution is 2.30. The first kappa shape index (κ1) is 15.9. The van der Waals surface area contributed by atoms with Crippen molar-refractivity contribution >= 4 is 44.7 Å². The van der Waals surface area contributed by atoms with Gasteiger partial charge in [-0.25, -0.2) is 9.97 Å². The fourth-order valence-electron chi connectivity index (χ4n) is 2.46. The predicted octanol–water partition coefficient (Wildman–Crippen LogP) is 6.19. The van der Waals surface area contributed by atoms with Crippen molar-refractivity contribution in [1.82, 2.24) is 9.97 Å². The summed E-state index contributed by atoms with van der Waals surface area (Å²) in [5.41, 5.74) is 0.937. The lowest BCUT2D eigenvalue weighted by molar-refractivity contribution is 0.483. The lowest BCUT2D eigenvalue weighted by Gasteiger charge is -2.09. The van der Waals surface area contributed by atoms with Crippen molar-refractivity contribution in [2.24, 2.45) is 0 Å². The highest BCUT2D eigenvalue weighted by atomic mass is 35.5. The number of nitrogens with one attached hydrogen (secondary N) is 1. The molecule has 4 nitrogen and oxygen atoms in total. The van der Waals surface area contributed by atoms with Gasteiger partial charge in [0, 0.05) is 15.6 Å². The van der Waals surface area contributed by atoms with Crippen LogP contribution in [-0.2, 0) is 0 Å². The molecule has 0 saturated heterocycles. The smallest absolute Gasteiger partial charge is 0.142 e. The van der Waals surface area contributed by atoms with E-state index in [1.54, 1.807) is 29.8 Å². The normalized spacial score (nSPS) is 10.8. The van der Waals surface area contributed by atoms with Crippen LogP contribution in [0.2, 0.25) is 5.02 Å². The zero-order chi connectivity index (χ0) is 17.2. The Kier molecular flexibility index (Phi) is 4.26. The lowest BCUT2D eigenvalue weighted by atomic mass is 10.2. The third-order valence-corrected chi connectivity index (χ3v) is 4.83. The van der Waals surface area contributed by atoms with Gasteiger partial charge in [-0.3, -0.25) is 0 Å². The maximum Gasteiger partial charge on any atom is 0.142 e. The highest BCUT2D eigenvalue weighted by Gasteiger charge is 2.07. The van der Waals surface area contributed by atoms with E-state index in [-0.39, 0.29) is 0 Å². The third kappa shape index (κ3) is 3.57. The Labute approximate surface area is 154 Å². The molecule has 0 amide bonds. The van der Waals surface area contributed by atoms with Gasteiger partial charge in [-0.2, -0.15) is 0 Å². The van der Waals surface area contributed by atoms with E-state index in [9.17, 15) is 0 Å². The second kappa shape index (κ2) is 6.70. The van der Waals surface area contributed by atoms with E-state index < -0.39 is 0 Å². The minimum atomic E-state index is 0.687. The van der Waals surface area contributed by atoms with E-state index >= 15 is 0 Å². The summed E-state index contributed by atoms with van der Waals surface area (Å²) in [6.45, 7) is 2.07. The monoisotopic (exact) mass is 367 g/mol. The van der Waals surface area contributed by atoms with Crippen LogP contribution in [0, 0.1) is 6.92 Å². The Hall–Kier alpha value is -2.63. The zero-order valence-corrected chi connectivity index (χ0v) is 14.9. The number of thiophene rings is 1. The Bertz CT molecular complexity index is 1010. The molecule has 124 valence electrons. The van der Waals surface area contributed by atoms with E-state index in [0.717, 1.165) is 33.2 Å². The van der Waals surface area contributed by atoms with E-state index in [2.05, 4.69) is 28.3 Å². The van der Waals surface area contributed by atoms with E-state index in [1.807, 2.05) is 36.4 Å². The summed E-state index contributed by atoms with van der Waals surface area (Å²) in [5, 5.41) is 5.06. The highest BCUT2D eigenvalue weighted by molar-refractivity contribution is 7.18. The van der Waals surface area contributed by atoms with Crippen LogP contribution in [0.4, 0.5) is 11.5 Å². The van der Waals surface area contributed by atoms with E-state index in [4.69, 9.17) is 16.3 Å².